The molecule has 0 radical (unpaired) electrons. The maximum atomic E-state index is 5.24. The first-order valence-electron chi connectivity index (χ1n) is 6.99. The summed E-state index contributed by atoms with van der Waals surface area (Å²) in [5.74, 6) is 0.997. The lowest BCUT2D eigenvalue weighted by Crippen LogP contribution is -2.00. The summed E-state index contributed by atoms with van der Waals surface area (Å²) in [7, 11) is 0. The molecule has 0 saturated carbocycles. The SMILES string of the molecule is CCCn1cc(CNc2noc(-c3ccccc3)n2)cn1. The molecule has 108 valence electrons. The summed E-state index contributed by atoms with van der Waals surface area (Å²) in [6, 6.07) is 9.70. The Morgan fingerprint density at radius 1 is 1.24 bits per heavy atom. The van der Waals surface area contributed by atoms with E-state index in [0.717, 1.165) is 24.1 Å². The molecule has 0 atom stereocenters. The molecule has 2 heterocycles. The van der Waals surface area contributed by atoms with Crippen molar-refractivity contribution >= 4 is 5.95 Å². The van der Waals surface area contributed by atoms with Crippen molar-refractivity contribution in [3.63, 3.8) is 0 Å². The van der Waals surface area contributed by atoms with Gasteiger partial charge in [0, 0.05) is 30.4 Å². The van der Waals surface area contributed by atoms with Crippen LogP contribution in [0.3, 0.4) is 0 Å². The molecule has 2 aromatic heterocycles. The van der Waals surface area contributed by atoms with Gasteiger partial charge < -0.3 is 9.84 Å². The molecule has 6 heteroatoms. The van der Waals surface area contributed by atoms with Gasteiger partial charge >= 0.3 is 0 Å². The van der Waals surface area contributed by atoms with E-state index in [2.05, 4.69) is 27.5 Å². The quantitative estimate of drug-likeness (QED) is 0.753. The second-order valence-electron chi connectivity index (χ2n) is 4.75. The van der Waals surface area contributed by atoms with Gasteiger partial charge in [0.25, 0.3) is 11.8 Å². The van der Waals surface area contributed by atoms with Gasteiger partial charge in [0.05, 0.1) is 6.20 Å². The average Bonchev–Trinajstić information content (AvgIpc) is 3.16. The first kappa shape index (κ1) is 13.4. The van der Waals surface area contributed by atoms with Crippen LogP contribution >= 0.6 is 0 Å². The minimum atomic E-state index is 0.483. The number of aromatic nitrogens is 4. The molecular formula is C15H17N5O. The standard InChI is InChI=1S/C15H17N5O/c1-2-8-20-11-12(10-17-20)9-16-15-18-14(21-19-15)13-6-4-3-5-7-13/h3-7,10-11H,2,8-9H2,1H3,(H,16,19). The van der Waals surface area contributed by atoms with E-state index in [1.54, 1.807) is 0 Å². The molecule has 0 spiro atoms. The number of aryl methyl sites for hydroxylation is 1. The third-order valence-electron chi connectivity index (χ3n) is 3.04. The molecule has 0 amide bonds. The molecule has 3 aromatic rings. The van der Waals surface area contributed by atoms with Crippen molar-refractivity contribution < 1.29 is 4.52 Å². The van der Waals surface area contributed by atoms with Gasteiger partial charge in [0.2, 0.25) is 0 Å². The Bertz CT molecular complexity index is 689. The number of anilines is 1. The number of hydrogen-bond acceptors (Lipinski definition) is 5. The zero-order valence-electron chi connectivity index (χ0n) is 11.9. The van der Waals surface area contributed by atoms with Crippen LogP contribution in [0.15, 0.2) is 47.2 Å². The van der Waals surface area contributed by atoms with Crippen molar-refractivity contribution in [2.75, 3.05) is 5.32 Å². The largest absolute Gasteiger partial charge is 0.347 e. The molecule has 0 fully saturated rings. The summed E-state index contributed by atoms with van der Waals surface area (Å²) in [6.07, 6.45) is 4.94. The highest BCUT2D eigenvalue weighted by atomic mass is 16.5. The fourth-order valence-electron chi connectivity index (χ4n) is 2.02. The van der Waals surface area contributed by atoms with Gasteiger partial charge in [-0.2, -0.15) is 10.1 Å². The molecule has 0 aliphatic rings. The van der Waals surface area contributed by atoms with E-state index in [-0.39, 0.29) is 0 Å². The van der Waals surface area contributed by atoms with Gasteiger partial charge in [-0.25, -0.2) is 0 Å². The van der Waals surface area contributed by atoms with Crippen LogP contribution in [0.5, 0.6) is 0 Å². The van der Waals surface area contributed by atoms with Crippen molar-refractivity contribution in [2.45, 2.75) is 26.4 Å². The van der Waals surface area contributed by atoms with Crippen molar-refractivity contribution in [1.82, 2.24) is 19.9 Å². The first-order chi connectivity index (χ1) is 10.3. The Labute approximate surface area is 122 Å². The van der Waals surface area contributed by atoms with Gasteiger partial charge in [-0.1, -0.05) is 25.1 Å². The van der Waals surface area contributed by atoms with Gasteiger partial charge in [-0.05, 0) is 23.7 Å². The Balaban J connectivity index is 1.62. The molecule has 21 heavy (non-hydrogen) atoms. The third kappa shape index (κ3) is 3.28. The van der Waals surface area contributed by atoms with Crippen LogP contribution in [-0.2, 0) is 13.1 Å². The molecule has 3 rings (SSSR count). The van der Waals surface area contributed by atoms with E-state index >= 15 is 0 Å². The van der Waals surface area contributed by atoms with E-state index in [0.29, 0.717) is 18.4 Å². The first-order valence-corrected chi connectivity index (χ1v) is 6.99. The molecule has 1 N–H and O–H groups in total. The van der Waals surface area contributed by atoms with Crippen LogP contribution in [0.4, 0.5) is 5.95 Å². The zero-order valence-corrected chi connectivity index (χ0v) is 11.9. The summed E-state index contributed by atoms with van der Waals surface area (Å²) in [5.41, 5.74) is 2.00. The fraction of sp³-hybridized carbons (Fsp3) is 0.267. The highest BCUT2D eigenvalue weighted by Crippen LogP contribution is 2.17. The van der Waals surface area contributed by atoms with Crippen LogP contribution in [-0.4, -0.2) is 19.9 Å². The van der Waals surface area contributed by atoms with Crippen molar-refractivity contribution in [2.24, 2.45) is 0 Å². The molecule has 0 aliphatic heterocycles. The Morgan fingerprint density at radius 2 is 2.10 bits per heavy atom. The lowest BCUT2D eigenvalue weighted by Gasteiger charge is -1.97. The van der Waals surface area contributed by atoms with E-state index < -0.39 is 0 Å². The predicted octanol–water partition coefficient (Wildman–Crippen LogP) is 2.96. The topological polar surface area (TPSA) is 68.8 Å². The lowest BCUT2D eigenvalue weighted by atomic mass is 10.2. The fourth-order valence-corrected chi connectivity index (χ4v) is 2.02. The van der Waals surface area contributed by atoms with Gasteiger partial charge in [-0.3, -0.25) is 4.68 Å². The van der Waals surface area contributed by atoms with Gasteiger partial charge in [-0.15, -0.1) is 0 Å². The van der Waals surface area contributed by atoms with Crippen LogP contribution in [0.2, 0.25) is 0 Å². The van der Waals surface area contributed by atoms with Crippen LogP contribution < -0.4 is 5.32 Å². The van der Waals surface area contributed by atoms with Crippen LogP contribution in [0, 0.1) is 0 Å². The summed E-state index contributed by atoms with van der Waals surface area (Å²) in [4.78, 5) is 4.32. The summed E-state index contributed by atoms with van der Waals surface area (Å²) < 4.78 is 7.17. The second-order valence-corrected chi connectivity index (χ2v) is 4.75. The number of nitrogens with zero attached hydrogens (tertiary/aromatic N) is 4. The Hall–Kier alpha value is -2.63. The van der Waals surface area contributed by atoms with E-state index in [1.807, 2.05) is 47.4 Å². The van der Waals surface area contributed by atoms with Crippen molar-refractivity contribution in [3.05, 3.63) is 48.3 Å². The monoisotopic (exact) mass is 283 g/mol. The Kier molecular flexibility index (Phi) is 3.95. The van der Waals surface area contributed by atoms with Gasteiger partial charge in [0.15, 0.2) is 0 Å². The summed E-state index contributed by atoms with van der Waals surface area (Å²) in [5, 5.41) is 11.3. The third-order valence-corrected chi connectivity index (χ3v) is 3.04. The van der Waals surface area contributed by atoms with Crippen molar-refractivity contribution in [3.8, 4) is 11.5 Å². The van der Waals surface area contributed by atoms with E-state index in [9.17, 15) is 0 Å². The van der Waals surface area contributed by atoms with Crippen LogP contribution in [0.1, 0.15) is 18.9 Å². The van der Waals surface area contributed by atoms with Crippen LogP contribution in [0.25, 0.3) is 11.5 Å². The molecule has 0 bridgehead atoms. The zero-order chi connectivity index (χ0) is 14.5. The molecule has 0 saturated heterocycles. The minimum Gasteiger partial charge on any atom is -0.347 e. The highest BCUT2D eigenvalue weighted by molar-refractivity contribution is 5.53. The normalized spacial score (nSPS) is 10.7. The average molecular weight is 283 g/mol. The highest BCUT2D eigenvalue weighted by Gasteiger charge is 2.08. The predicted molar refractivity (Wildman–Crippen MR) is 79.6 cm³/mol. The Morgan fingerprint density at radius 3 is 2.90 bits per heavy atom. The smallest absolute Gasteiger partial charge is 0.264 e. The van der Waals surface area contributed by atoms with E-state index in [4.69, 9.17) is 4.52 Å². The minimum absolute atomic E-state index is 0.483. The molecular weight excluding hydrogens is 266 g/mol. The second kappa shape index (κ2) is 6.21. The van der Waals surface area contributed by atoms with Crippen molar-refractivity contribution in [1.29, 1.82) is 0 Å². The summed E-state index contributed by atoms with van der Waals surface area (Å²) in [6.45, 7) is 3.68. The molecule has 0 aliphatic carbocycles. The van der Waals surface area contributed by atoms with E-state index in [1.165, 1.54) is 0 Å². The molecule has 0 unspecified atom stereocenters. The maximum absolute atomic E-state index is 5.24. The number of nitrogens with one attached hydrogen (secondary N) is 1. The molecule has 1 aromatic carbocycles. The lowest BCUT2D eigenvalue weighted by molar-refractivity contribution is 0.432. The number of hydrogen-bond donors (Lipinski definition) is 1. The maximum Gasteiger partial charge on any atom is 0.264 e. The number of benzene rings is 1. The number of rotatable bonds is 6. The van der Waals surface area contributed by atoms with Gasteiger partial charge in [0.1, 0.15) is 0 Å². The summed E-state index contributed by atoms with van der Waals surface area (Å²) >= 11 is 0. The molecule has 6 nitrogen and oxygen atoms in total.